The molecule has 8 heteroatoms. The second kappa shape index (κ2) is 10.1. The topological polar surface area (TPSA) is 81.5 Å². The number of esters is 1. The molecule has 0 aliphatic rings. The van der Waals surface area contributed by atoms with Crippen molar-refractivity contribution in [1.82, 2.24) is 9.55 Å². The van der Waals surface area contributed by atoms with Gasteiger partial charge in [0.1, 0.15) is 5.82 Å². The summed E-state index contributed by atoms with van der Waals surface area (Å²) in [5.41, 5.74) is 1.64. The molecule has 0 atom stereocenters. The lowest BCUT2D eigenvalue weighted by Crippen LogP contribution is -2.30. The number of terminal acetylenes is 1. The van der Waals surface area contributed by atoms with E-state index in [1.54, 1.807) is 64.1 Å². The lowest BCUT2D eigenvalue weighted by molar-refractivity contribution is -0.157. The number of nitrogens with zero attached hydrogens (tertiary/aromatic N) is 3. The van der Waals surface area contributed by atoms with Crippen LogP contribution in [0.2, 0.25) is 0 Å². The van der Waals surface area contributed by atoms with Gasteiger partial charge in [-0.05, 0) is 81.3 Å². The molecule has 3 rings (SSSR count). The van der Waals surface area contributed by atoms with Crippen LogP contribution in [0.5, 0.6) is 0 Å². The molecule has 34 heavy (non-hydrogen) atoms. The van der Waals surface area contributed by atoms with E-state index >= 15 is 0 Å². The zero-order chi connectivity index (χ0) is 25.0. The van der Waals surface area contributed by atoms with Crippen LogP contribution in [-0.2, 0) is 22.8 Å². The molecule has 1 heterocycles. The van der Waals surface area contributed by atoms with Crippen LogP contribution in [0.25, 0.3) is 10.9 Å². The molecule has 0 bridgehead atoms. The summed E-state index contributed by atoms with van der Waals surface area (Å²) in [4.78, 5) is 43.1. The second-order valence-corrected chi connectivity index (χ2v) is 9.28. The molecule has 0 aliphatic carbocycles. The number of halogens is 1. The van der Waals surface area contributed by atoms with Crippen LogP contribution in [0, 0.1) is 24.7 Å². The summed E-state index contributed by atoms with van der Waals surface area (Å²) in [6.07, 6.45) is 5.57. The van der Waals surface area contributed by atoms with Gasteiger partial charge in [-0.15, -0.1) is 6.42 Å². The Morgan fingerprint density at radius 2 is 1.85 bits per heavy atom. The van der Waals surface area contributed by atoms with Crippen molar-refractivity contribution in [3.63, 3.8) is 0 Å². The van der Waals surface area contributed by atoms with Crippen molar-refractivity contribution in [2.75, 3.05) is 11.4 Å². The molecule has 1 aromatic heterocycles. The van der Waals surface area contributed by atoms with Crippen molar-refractivity contribution in [1.29, 1.82) is 0 Å². The third-order valence-corrected chi connectivity index (χ3v) is 5.48. The maximum atomic E-state index is 13.2. The Bertz CT molecular complexity index is 1330. The minimum atomic E-state index is -0.676. The van der Waals surface area contributed by atoms with Gasteiger partial charge < -0.3 is 9.64 Å². The van der Waals surface area contributed by atoms with Crippen molar-refractivity contribution in [2.45, 2.75) is 41.0 Å². The zero-order valence-electron chi connectivity index (χ0n) is 19.6. The highest BCUT2D eigenvalue weighted by atomic mass is 35.5. The van der Waals surface area contributed by atoms with Crippen LogP contribution in [-0.4, -0.2) is 27.3 Å². The van der Waals surface area contributed by atoms with E-state index in [0.717, 1.165) is 11.3 Å². The van der Waals surface area contributed by atoms with Crippen molar-refractivity contribution in [3.8, 4) is 12.3 Å². The molecule has 0 amide bonds. The molecule has 0 aliphatic heterocycles. The highest BCUT2D eigenvalue weighted by Crippen LogP contribution is 2.21. The first-order valence-corrected chi connectivity index (χ1v) is 11.0. The van der Waals surface area contributed by atoms with E-state index in [4.69, 9.17) is 22.8 Å². The van der Waals surface area contributed by atoms with Crippen LogP contribution >= 0.6 is 11.6 Å². The van der Waals surface area contributed by atoms with Crippen LogP contribution in [0.4, 0.5) is 5.69 Å². The normalized spacial score (nSPS) is 11.2. The second-order valence-electron chi connectivity index (χ2n) is 8.94. The van der Waals surface area contributed by atoms with Crippen LogP contribution in [0.15, 0.2) is 47.3 Å². The predicted octanol–water partition coefficient (Wildman–Crippen LogP) is 4.27. The Morgan fingerprint density at radius 3 is 2.44 bits per heavy atom. The fraction of sp³-hybridized carbons (Fsp3) is 0.308. The summed E-state index contributed by atoms with van der Waals surface area (Å²) in [7, 11) is 0. The first kappa shape index (κ1) is 25.0. The number of aromatic nitrogens is 2. The molecule has 176 valence electrons. The summed E-state index contributed by atoms with van der Waals surface area (Å²) in [5, 5.41) is -0.115. The van der Waals surface area contributed by atoms with Crippen molar-refractivity contribution < 1.29 is 14.3 Å². The van der Waals surface area contributed by atoms with Gasteiger partial charge in [-0.2, -0.15) is 0 Å². The maximum Gasteiger partial charge on any atom is 0.312 e. The largest absolute Gasteiger partial charge is 0.443 e. The summed E-state index contributed by atoms with van der Waals surface area (Å²) in [5.74, 6) is 2.68. The maximum absolute atomic E-state index is 13.2. The Balaban J connectivity index is 1.92. The molecule has 0 spiro atoms. The molecular weight excluding hydrogens is 454 g/mol. The number of hydrogen-bond donors (Lipinski definition) is 0. The zero-order valence-corrected chi connectivity index (χ0v) is 20.3. The van der Waals surface area contributed by atoms with Gasteiger partial charge in [0.2, 0.25) is 0 Å². The monoisotopic (exact) mass is 479 g/mol. The molecule has 0 radical (unpaired) electrons. The third kappa shape index (κ3) is 5.64. The number of hydrogen-bond acceptors (Lipinski definition) is 6. The Kier molecular flexibility index (Phi) is 7.43. The molecule has 0 unspecified atom stereocenters. The van der Waals surface area contributed by atoms with E-state index in [0.29, 0.717) is 35.4 Å². The lowest BCUT2D eigenvalue weighted by atomic mass is 9.98. The standard InChI is InChI=1S/C26H26ClN3O4/c1-6-13-29(20-10-8-19(9-11-20)23(27)31)15-18-7-12-22-21(14-18)24(32)30(17(2)28-22)16-34-25(33)26(3,4)5/h1,7-12,14H,13,15-16H2,2-5H3. The minimum Gasteiger partial charge on any atom is -0.443 e. The SMILES string of the molecule is C#CCN(Cc1ccc2nc(C)n(COC(=O)C(C)(C)C)c(=O)c2c1)c1ccc(C(=O)Cl)cc1. The molecule has 0 saturated heterocycles. The Morgan fingerprint density at radius 1 is 1.18 bits per heavy atom. The quantitative estimate of drug-likeness (QED) is 0.286. The number of rotatable bonds is 7. The Labute approximate surface area is 203 Å². The van der Waals surface area contributed by atoms with E-state index in [1.165, 1.54) is 4.57 Å². The molecule has 0 fully saturated rings. The fourth-order valence-electron chi connectivity index (χ4n) is 3.34. The van der Waals surface area contributed by atoms with Gasteiger partial charge in [0, 0.05) is 17.8 Å². The van der Waals surface area contributed by atoms with Gasteiger partial charge in [0.05, 0.1) is 22.9 Å². The Hall–Kier alpha value is -3.63. The number of aryl methyl sites for hydroxylation is 1. The molecule has 0 N–H and O–H groups in total. The van der Waals surface area contributed by atoms with Gasteiger partial charge in [-0.3, -0.25) is 19.0 Å². The number of fused-ring (bicyclic) bond motifs is 1. The van der Waals surface area contributed by atoms with Crippen LogP contribution in [0.3, 0.4) is 0 Å². The predicted molar refractivity (Wildman–Crippen MR) is 133 cm³/mol. The lowest BCUT2D eigenvalue weighted by Gasteiger charge is -2.23. The minimum absolute atomic E-state index is 0.206. The number of carbonyl (C=O) groups excluding carboxylic acids is 2. The molecular formula is C26H26ClN3O4. The first-order chi connectivity index (χ1) is 16.0. The van der Waals surface area contributed by atoms with Crippen LogP contribution < -0.4 is 10.5 Å². The highest BCUT2D eigenvalue weighted by molar-refractivity contribution is 6.67. The summed E-state index contributed by atoms with van der Waals surface area (Å²) >= 11 is 5.53. The molecule has 2 aromatic carbocycles. The summed E-state index contributed by atoms with van der Waals surface area (Å²) in [6.45, 7) is 7.50. The summed E-state index contributed by atoms with van der Waals surface area (Å²) in [6, 6.07) is 12.3. The molecule has 3 aromatic rings. The average molecular weight is 480 g/mol. The number of carbonyl (C=O) groups is 2. The van der Waals surface area contributed by atoms with E-state index in [-0.39, 0.29) is 12.3 Å². The van der Waals surface area contributed by atoms with Crippen molar-refractivity contribution in [2.24, 2.45) is 5.41 Å². The smallest absolute Gasteiger partial charge is 0.312 e. The van der Waals surface area contributed by atoms with Crippen molar-refractivity contribution >= 4 is 39.4 Å². The van der Waals surface area contributed by atoms with E-state index in [2.05, 4.69) is 10.9 Å². The van der Waals surface area contributed by atoms with Crippen molar-refractivity contribution in [3.05, 3.63) is 69.8 Å². The molecule has 7 nitrogen and oxygen atoms in total. The van der Waals surface area contributed by atoms with Crippen LogP contribution in [0.1, 0.15) is 42.5 Å². The highest BCUT2D eigenvalue weighted by Gasteiger charge is 2.23. The molecule has 0 saturated carbocycles. The van der Waals surface area contributed by atoms with Gasteiger partial charge in [-0.25, -0.2) is 4.98 Å². The fourth-order valence-corrected chi connectivity index (χ4v) is 3.47. The number of benzene rings is 2. The first-order valence-electron chi connectivity index (χ1n) is 10.7. The van der Waals surface area contributed by atoms with Gasteiger partial charge >= 0.3 is 5.97 Å². The van der Waals surface area contributed by atoms with Gasteiger partial charge in [-0.1, -0.05) is 12.0 Å². The average Bonchev–Trinajstić information content (AvgIpc) is 2.78. The van der Waals surface area contributed by atoms with Gasteiger partial charge in [0.15, 0.2) is 6.73 Å². The van der Waals surface area contributed by atoms with E-state index in [9.17, 15) is 14.4 Å². The number of anilines is 1. The summed E-state index contributed by atoms with van der Waals surface area (Å²) < 4.78 is 6.68. The van der Waals surface area contributed by atoms with Gasteiger partial charge in [0.25, 0.3) is 10.8 Å². The van der Waals surface area contributed by atoms with E-state index in [1.807, 2.05) is 11.0 Å². The third-order valence-electron chi connectivity index (χ3n) is 5.26. The number of ether oxygens (including phenoxy) is 1. The van der Waals surface area contributed by atoms with E-state index < -0.39 is 16.6 Å².